The van der Waals surface area contributed by atoms with Crippen LogP contribution in [-0.2, 0) is 6.54 Å². The van der Waals surface area contributed by atoms with Crippen LogP contribution >= 0.6 is 35.4 Å². The monoisotopic (exact) mass is 423 g/mol. The maximum Gasteiger partial charge on any atom is 0.173 e. The molecule has 144 valence electrons. The number of rotatable bonds is 5. The van der Waals surface area contributed by atoms with Crippen LogP contribution in [0.4, 0.5) is 5.69 Å². The molecule has 3 rings (SSSR count). The van der Waals surface area contributed by atoms with Gasteiger partial charge in [0, 0.05) is 32.7 Å². The van der Waals surface area contributed by atoms with Crippen molar-refractivity contribution in [1.29, 1.82) is 0 Å². The van der Waals surface area contributed by atoms with Gasteiger partial charge in [0.2, 0.25) is 0 Å². The van der Waals surface area contributed by atoms with Gasteiger partial charge in [-0.05, 0) is 49.0 Å². The zero-order valence-corrected chi connectivity index (χ0v) is 17.6. The molecule has 0 radical (unpaired) electrons. The number of para-hydroxylation sites is 2. The van der Waals surface area contributed by atoms with Gasteiger partial charge in [-0.2, -0.15) is 0 Å². The van der Waals surface area contributed by atoms with Crippen LogP contribution in [0.1, 0.15) is 12.5 Å². The van der Waals surface area contributed by atoms with E-state index in [0.717, 1.165) is 49.3 Å². The van der Waals surface area contributed by atoms with E-state index in [2.05, 4.69) is 15.1 Å². The van der Waals surface area contributed by atoms with Crippen LogP contribution in [-0.4, -0.2) is 47.7 Å². The Morgan fingerprint density at radius 2 is 1.81 bits per heavy atom. The van der Waals surface area contributed by atoms with Gasteiger partial charge in [-0.1, -0.05) is 41.4 Å². The number of anilines is 1. The van der Waals surface area contributed by atoms with E-state index in [9.17, 15) is 0 Å². The summed E-state index contributed by atoms with van der Waals surface area (Å²) < 4.78 is 5.66. The highest BCUT2D eigenvalue weighted by Crippen LogP contribution is 2.25. The third-order valence-electron chi connectivity index (χ3n) is 4.48. The van der Waals surface area contributed by atoms with Crippen molar-refractivity contribution in [1.82, 2.24) is 9.80 Å². The van der Waals surface area contributed by atoms with E-state index in [-0.39, 0.29) is 0 Å². The second-order valence-electron chi connectivity index (χ2n) is 6.37. The molecule has 0 unspecified atom stereocenters. The quantitative estimate of drug-likeness (QED) is 0.689. The summed E-state index contributed by atoms with van der Waals surface area (Å²) in [6.45, 7) is 7.09. The second-order valence-corrected chi connectivity index (χ2v) is 7.57. The van der Waals surface area contributed by atoms with E-state index in [1.165, 1.54) is 5.56 Å². The van der Waals surface area contributed by atoms with Crippen LogP contribution < -0.4 is 10.1 Å². The van der Waals surface area contributed by atoms with Crippen LogP contribution in [0.3, 0.4) is 0 Å². The minimum Gasteiger partial charge on any atom is -0.492 e. The Hall–Kier alpha value is -1.53. The van der Waals surface area contributed by atoms with Gasteiger partial charge in [-0.3, -0.25) is 4.90 Å². The lowest BCUT2D eigenvalue weighted by atomic mass is 10.2. The lowest BCUT2D eigenvalue weighted by Gasteiger charge is -2.36. The van der Waals surface area contributed by atoms with E-state index in [1.807, 2.05) is 49.4 Å². The van der Waals surface area contributed by atoms with Gasteiger partial charge in [0.05, 0.1) is 22.3 Å². The molecule has 1 aliphatic heterocycles. The Labute approximate surface area is 176 Å². The number of hydrogen-bond donors (Lipinski definition) is 1. The third kappa shape index (κ3) is 5.48. The lowest BCUT2D eigenvalue weighted by Crippen LogP contribution is -2.49. The Morgan fingerprint density at radius 1 is 1.07 bits per heavy atom. The van der Waals surface area contributed by atoms with Crippen LogP contribution in [0.15, 0.2) is 42.5 Å². The first-order valence-electron chi connectivity index (χ1n) is 9.01. The van der Waals surface area contributed by atoms with Gasteiger partial charge < -0.3 is 15.0 Å². The first-order valence-corrected chi connectivity index (χ1v) is 10.2. The summed E-state index contributed by atoms with van der Waals surface area (Å²) in [7, 11) is 0. The molecule has 1 N–H and O–H groups in total. The molecule has 0 aliphatic carbocycles. The fraction of sp³-hybridized carbons (Fsp3) is 0.350. The molecule has 2 aromatic carbocycles. The van der Waals surface area contributed by atoms with Crippen molar-refractivity contribution in [3.63, 3.8) is 0 Å². The number of benzene rings is 2. The normalized spacial score (nSPS) is 14.9. The molecule has 0 atom stereocenters. The first-order chi connectivity index (χ1) is 13.1. The molecular formula is C20H23Cl2N3OS. The summed E-state index contributed by atoms with van der Waals surface area (Å²) in [5.41, 5.74) is 2.08. The Balaban J connectivity index is 1.52. The number of hydrogen-bond acceptors (Lipinski definition) is 3. The molecule has 2 aromatic rings. The van der Waals surface area contributed by atoms with E-state index in [0.29, 0.717) is 16.7 Å². The summed E-state index contributed by atoms with van der Waals surface area (Å²) in [6.07, 6.45) is 0. The average Bonchev–Trinajstić information content (AvgIpc) is 2.67. The van der Waals surface area contributed by atoms with Crippen molar-refractivity contribution < 1.29 is 4.74 Å². The fourth-order valence-electron chi connectivity index (χ4n) is 3.05. The lowest BCUT2D eigenvalue weighted by molar-refractivity contribution is 0.177. The van der Waals surface area contributed by atoms with Gasteiger partial charge in [0.15, 0.2) is 5.11 Å². The minimum atomic E-state index is 0.592. The van der Waals surface area contributed by atoms with Crippen LogP contribution in [0.2, 0.25) is 10.0 Å². The van der Waals surface area contributed by atoms with Gasteiger partial charge in [-0.15, -0.1) is 0 Å². The van der Waals surface area contributed by atoms with E-state index in [1.54, 1.807) is 0 Å². The van der Waals surface area contributed by atoms with Crippen molar-refractivity contribution >= 4 is 46.2 Å². The predicted molar refractivity (Wildman–Crippen MR) is 117 cm³/mol. The molecule has 0 bridgehead atoms. The van der Waals surface area contributed by atoms with Crippen LogP contribution in [0.25, 0.3) is 0 Å². The van der Waals surface area contributed by atoms with Crippen LogP contribution in [0.5, 0.6) is 5.75 Å². The standard InChI is InChI=1S/C20H23Cl2N3OS/c1-2-26-19-6-4-3-5-18(19)23-20(27)25-11-9-24(10-12-25)14-15-7-8-16(21)17(22)13-15/h3-8,13H,2,9-12,14H2,1H3,(H,23,27). The molecule has 7 heteroatoms. The van der Waals surface area contributed by atoms with Gasteiger partial charge in [0.1, 0.15) is 5.75 Å². The highest BCUT2D eigenvalue weighted by atomic mass is 35.5. The third-order valence-corrected chi connectivity index (χ3v) is 5.58. The topological polar surface area (TPSA) is 27.7 Å². The summed E-state index contributed by atoms with van der Waals surface area (Å²) in [5, 5.41) is 5.25. The van der Waals surface area contributed by atoms with Crippen molar-refractivity contribution in [3.05, 3.63) is 58.1 Å². The largest absolute Gasteiger partial charge is 0.492 e. The van der Waals surface area contributed by atoms with E-state index >= 15 is 0 Å². The van der Waals surface area contributed by atoms with Gasteiger partial charge in [0.25, 0.3) is 0 Å². The molecule has 27 heavy (non-hydrogen) atoms. The number of thiocarbonyl (C=S) groups is 1. The van der Waals surface area contributed by atoms with Crippen LogP contribution in [0, 0.1) is 0 Å². The zero-order chi connectivity index (χ0) is 19.2. The molecule has 1 saturated heterocycles. The Bertz CT molecular complexity index is 795. The van der Waals surface area contributed by atoms with E-state index in [4.69, 9.17) is 40.2 Å². The van der Waals surface area contributed by atoms with Crippen molar-refractivity contribution in [2.24, 2.45) is 0 Å². The molecule has 1 aliphatic rings. The van der Waals surface area contributed by atoms with Crippen molar-refractivity contribution in [2.75, 3.05) is 38.1 Å². The first kappa shape index (κ1) is 20.2. The highest BCUT2D eigenvalue weighted by molar-refractivity contribution is 7.80. The maximum atomic E-state index is 6.11. The molecule has 4 nitrogen and oxygen atoms in total. The SMILES string of the molecule is CCOc1ccccc1NC(=S)N1CCN(Cc2ccc(Cl)c(Cl)c2)CC1. The number of nitrogens with one attached hydrogen (secondary N) is 1. The van der Waals surface area contributed by atoms with Gasteiger partial charge >= 0.3 is 0 Å². The average molecular weight is 424 g/mol. The maximum absolute atomic E-state index is 6.11. The Kier molecular flexibility index (Phi) is 7.19. The molecule has 0 amide bonds. The Morgan fingerprint density at radius 3 is 2.52 bits per heavy atom. The predicted octanol–water partition coefficient (Wildman–Crippen LogP) is 4.91. The van der Waals surface area contributed by atoms with Gasteiger partial charge in [-0.25, -0.2) is 0 Å². The summed E-state index contributed by atoms with van der Waals surface area (Å²) >= 11 is 17.7. The highest BCUT2D eigenvalue weighted by Gasteiger charge is 2.20. The molecule has 0 spiro atoms. The molecule has 1 fully saturated rings. The molecule has 1 heterocycles. The van der Waals surface area contributed by atoms with Crippen molar-refractivity contribution in [2.45, 2.75) is 13.5 Å². The molecule has 0 saturated carbocycles. The minimum absolute atomic E-state index is 0.592. The summed E-state index contributed by atoms with van der Waals surface area (Å²) in [6, 6.07) is 13.7. The molecule has 0 aromatic heterocycles. The number of halogens is 2. The second kappa shape index (κ2) is 9.60. The van der Waals surface area contributed by atoms with E-state index < -0.39 is 0 Å². The zero-order valence-electron chi connectivity index (χ0n) is 15.3. The smallest absolute Gasteiger partial charge is 0.173 e. The summed E-state index contributed by atoms with van der Waals surface area (Å²) in [4.78, 5) is 4.59. The molecular weight excluding hydrogens is 401 g/mol. The van der Waals surface area contributed by atoms with Crippen molar-refractivity contribution in [3.8, 4) is 5.75 Å². The number of ether oxygens (including phenoxy) is 1. The number of piperazine rings is 1. The number of nitrogens with zero attached hydrogens (tertiary/aromatic N) is 2. The summed E-state index contributed by atoms with van der Waals surface area (Å²) in [5.74, 6) is 0.820. The fourth-order valence-corrected chi connectivity index (χ4v) is 3.66.